The first-order valence-corrected chi connectivity index (χ1v) is 6.30. The normalized spacial score (nSPS) is 18.6. The molecule has 0 aromatic heterocycles. The maximum absolute atomic E-state index is 11.1. The third-order valence-electron chi connectivity index (χ3n) is 2.56. The predicted molar refractivity (Wildman–Crippen MR) is 55.4 cm³/mol. The van der Waals surface area contributed by atoms with E-state index in [4.69, 9.17) is 20.6 Å². The van der Waals surface area contributed by atoms with Crippen molar-refractivity contribution in [3.05, 3.63) is 0 Å². The fourth-order valence-electron chi connectivity index (χ4n) is 1.66. The van der Waals surface area contributed by atoms with Crippen LogP contribution in [0.3, 0.4) is 0 Å². The highest BCUT2D eigenvalue weighted by Crippen LogP contribution is 2.47. The van der Waals surface area contributed by atoms with Gasteiger partial charge in [0.15, 0.2) is 0 Å². The van der Waals surface area contributed by atoms with Crippen molar-refractivity contribution in [1.29, 1.82) is 0 Å². The van der Waals surface area contributed by atoms with Crippen LogP contribution in [0.15, 0.2) is 0 Å². The maximum Gasteiger partial charge on any atom is 0.328 e. The molecule has 0 aliphatic heterocycles. The third kappa shape index (κ3) is 3.91. The number of aliphatic carboxylic acids is 1. The standard InChI is InChI=1S/C8H18NO5P/c1-4(2)6(7(9)8(10)11)5(3)15(12,13)14/h4-7H,9H2,1-3H3,(H,10,11)(H2,12,13,14)/t5-,6+,7-/m0/s1. The van der Waals surface area contributed by atoms with Gasteiger partial charge in [-0.1, -0.05) is 20.8 Å². The molecule has 0 aliphatic rings. The van der Waals surface area contributed by atoms with Gasteiger partial charge in [-0.3, -0.25) is 9.36 Å². The highest BCUT2D eigenvalue weighted by molar-refractivity contribution is 7.52. The minimum Gasteiger partial charge on any atom is -0.480 e. The van der Waals surface area contributed by atoms with Gasteiger partial charge in [0, 0.05) is 5.92 Å². The molecule has 3 atom stereocenters. The minimum absolute atomic E-state index is 0.210. The van der Waals surface area contributed by atoms with E-state index in [1.807, 2.05) is 0 Å². The first kappa shape index (κ1) is 14.6. The highest BCUT2D eigenvalue weighted by atomic mass is 31.2. The Morgan fingerprint density at radius 3 is 1.87 bits per heavy atom. The number of rotatable bonds is 5. The van der Waals surface area contributed by atoms with Gasteiger partial charge in [-0.2, -0.15) is 0 Å². The van der Waals surface area contributed by atoms with Crippen LogP contribution in [0.2, 0.25) is 0 Å². The summed E-state index contributed by atoms with van der Waals surface area (Å²) >= 11 is 0. The number of carboxylic acids is 1. The molecule has 0 aromatic rings. The molecule has 0 fully saturated rings. The van der Waals surface area contributed by atoms with Crippen LogP contribution in [0.4, 0.5) is 0 Å². The van der Waals surface area contributed by atoms with Crippen molar-refractivity contribution < 1.29 is 24.3 Å². The Morgan fingerprint density at radius 1 is 1.27 bits per heavy atom. The summed E-state index contributed by atoms with van der Waals surface area (Å²) in [6.45, 7) is 4.72. The van der Waals surface area contributed by atoms with Crippen LogP contribution in [0, 0.1) is 11.8 Å². The molecule has 0 saturated heterocycles. The van der Waals surface area contributed by atoms with Gasteiger partial charge in [-0.15, -0.1) is 0 Å². The summed E-state index contributed by atoms with van der Waals surface area (Å²) in [5, 5.41) is 8.74. The second kappa shape index (κ2) is 5.07. The van der Waals surface area contributed by atoms with Gasteiger partial charge in [0.2, 0.25) is 0 Å². The van der Waals surface area contributed by atoms with Crippen LogP contribution in [0.1, 0.15) is 20.8 Å². The zero-order valence-corrected chi connectivity index (χ0v) is 9.89. The van der Waals surface area contributed by atoms with Crippen LogP contribution >= 0.6 is 7.60 Å². The summed E-state index contributed by atoms with van der Waals surface area (Å²) in [6.07, 6.45) is 0. The summed E-state index contributed by atoms with van der Waals surface area (Å²) in [5.41, 5.74) is 4.36. The van der Waals surface area contributed by atoms with Crippen molar-refractivity contribution in [2.24, 2.45) is 17.6 Å². The Kier molecular flexibility index (Phi) is 4.93. The smallest absolute Gasteiger partial charge is 0.328 e. The van der Waals surface area contributed by atoms with Crippen LogP contribution in [0.25, 0.3) is 0 Å². The van der Waals surface area contributed by atoms with Gasteiger partial charge < -0.3 is 20.6 Å². The molecule has 7 heteroatoms. The Labute approximate surface area is 88.6 Å². The first-order valence-electron chi connectivity index (χ1n) is 4.62. The zero-order valence-electron chi connectivity index (χ0n) is 8.99. The Balaban J connectivity index is 4.99. The lowest BCUT2D eigenvalue weighted by Gasteiger charge is -2.30. The second-order valence-corrected chi connectivity index (χ2v) is 6.01. The third-order valence-corrected chi connectivity index (χ3v) is 3.96. The summed E-state index contributed by atoms with van der Waals surface area (Å²) in [4.78, 5) is 28.7. The molecule has 0 rings (SSSR count). The number of carbonyl (C=O) groups is 1. The molecule has 0 unspecified atom stereocenters. The van der Waals surface area contributed by atoms with E-state index in [9.17, 15) is 9.36 Å². The Morgan fingerprint density at radius 2 is 1.67 bits per heavy atom. The van der Waals surface area contributed by atoms with Crippen molar-refractivity contribution in [1.82, 2.24) is 0 Å². The monoisotopic (exact) mass is 239 g/mol. The van der Waals surface area contributed by atoms with Gasteiger partial charge >= 0.3 is 13.6 Å². The van der Waals surface area contributed by atoms with Gasteiger partial charge in [0.1, 0.15) is 6.04 Å². The van der Waals surface area contributed by atoms with Gasteiger partial charge in [-0.05, 0) is 5.92 Å². The molecule has 6 nitrogen and oxygen atoms in total. The molecule has 0 aliphatic carbocycles. The molecule has 5 N–H and O–H groups in total. The molecule has 90 valence electrons. The molecule has 0 spiro atoms. The molecular formula is C8H18NO5P. The first-order chi connectivity index (χ1) is 6.59. The molecule has 0 aromatic carbocycles. The molecular weight excluding hydrogens is 221 g/mol. The molecule has 15 heavy (non-hydrogen) atoms. The van der Waals surface area contributed by atoms with E-state index in [2.05, 4.69) is 0 Å². The Hall–Kier alpha value is -0.420. The fourth-order valence-corrected chi connectivity index (χ4v) is 2.64. The second-order valence-electron chi connectivity index (χ2n) is 4.02. The molecule has 0 radical (unpaired) electrons. The average molecular weight is 239 g/mol. The van der Waals surface area contributed by atoms with E-state index < -0.39 is 31.2 Å². The highest BCUT2D eigenvalue weighted by Gasteiger charge is 2.39. The van der Waals surface area contributed by atoms with Crippen molar-refractivity contribution in [3.63, 3.8) is 0 Å². The fraction of sp³-hybridized carbons (Fsp3) is 0.875. The number of hydrogen-bond acceptors (Lipinski definition) is 3. The van der Waals surface area contributed by atoms with E-state index in [1.54, 1.807) is 13.8 Å². The van der Waals surface area contributed by atoms with Crippen molar-refractivity contribution in [2.45, 2.75) is 32.5 Å². The van der Waals surface area contributed by atoms with Gasteiger partial charge in [-0.25, -0.2) is 0 Å². The van der Waals surface area contributed by atoms with Crippen molar-refractivity contribution >= 4 is 13.6 Å². The van der Waals surface area contributed by atoms with Gasteiger partial charge in [0.05, 0.1) is 5.66 Å². The van der Waals surface area contributed by atoms with Crippen LogP contribution in [-0.2, 0) is 9.36 Å². The van der Waals surface area contributed by atoms with Crippen LogP contribution in [-0.4, -0.2) is 32.6 Å². The van der Waals surface area contributed by atoms with Crippen molar-refractivity contribution in [2.75, 3.05) is 0 Å². The number of nitrogens with two attached hydrogens (primary N) is 1. The molecule has 0 bridgehead atoms. The molecule has 0 heterocycles. The van der Waals surface area contributed by atoms with E-state index in [0.29, 0.717) is 0 Å². The van der Waals surface area contributed by atoms with E-state index in [-0.39, 0.29) is 5.92 Å². The quantitative estimate of drug-likeness (QED) is 0.510. The maximum atomic E-state index is 11.1. The minimum atomic E-state index is -4.30. The lowest BCUT2D eigenvalue weighted by molar-refractivity contribution is -0.140. The molecule has 0 saturated carbocycles. The van der Waals surface area contributed by atoms with E-state index in [1.165, 1.54) is 6.92 Å². The summed E-state index contributed by atoms with van der Waals surface area (Å²) < 4.78 is 11.1. The van der Waals surface area contributed by atoms with E-state index >= 15 is 0 Å². The summed E-state index contributed by atoms with van der Waals surface area (Å²) in [7, 11) is -4.30. The lowest BCUT2D eigenvalue weighted by atomic mass is 9.86. The summed E-state index contributed by atoms with van der Waals surface area (Å²) in [6, 6.07) is -1.26. The SMILES string of the molecule is CC(C)[C@@H]([C@H](N)C(=O)O)[C@H](C)P(=O)(O)O. The van der Waals surface area contributed by atoms with Crippen LogP contribution < -0.4 is 5.73 Å². The topological polar surface area (TPSA) is 121 Å². The average Bonchev–Trinajstić information content (AvgIpc) is 2.01. The number of hydrogen-bond donors (Lipinski definition) is 4. The Bertz CT molecular complexity index is 274. The predicted octanol–water partition coefficient (Wildman–Crippen LogP) is 0.237. The van der Waals surface area contributed by atoms with Gasteiger partial charge in [0.25, 0.3) is 0 Å². The van der Waals surface area contributed by atoms with E-state index in [0.717, 1.165) is 0 Å². The summed E-state index contributed by atoms with van der Waals surface area (Å²) in [5.74, 6) is -2.20. The largest absolute Gasteiger partial charge is 0.480 e. The molecule has 0 amide bonds. The van der Waals surface area contributed by atoms with Crippen LogP contribution in [0.5, 0.6) is 0 Å². The zero-order chi connectivity index (χ0) is 12.4. The van der Waals surface area contributed by atoms with Crippen molar-refractivity contribution in [3.8, 4) is 0 Å². The lowest BCUT2D eigenvalue weighted by Crippen LogP contribution is -2.45. The number of carboxylic acid groups (broad SMARTS) is 1.